The fraction of sp³-hybridized carbons (Fsp3) is 0.400. The lowest BCUT2D eigenvalue weighted by Crippen LogP contribution is -2.34. The molecule has 0 aromatic heterocycles. The van der Waals surface area contributed by atoms with Crippen LogP contribution in [0.1, 0.15) is 29.9 Å². The van der Waals surface area contributed by atoms with E-state index >= 15 is 0 Å². The molecule has 2 aromatic rings. The van der Waals surface area contributed by atoms with Gasteiger partial charge >= 0.3 is 0 Å². The van der Waals surface area contributed by atoms with Gasteiger partial charge in [0, 0.05) is 46.2 Å². The van der Waals surface area contributed by atoms with Gasteiger partial charge in [-0.25, -0.2) is 0 Å². The van der Waals surface area contributed by atoms with E-state index in [0.717, 1.165) is 29.1 Å². The standard InChI is InChI=1S/C20H24ClNO2S/c1-24-9-10-25(23)14-15-5-4-6-17(11-15)22-18-12-16(13-18)19-7-2-3-8-20(19)21/h2-8,11,16,18,22H,9-10,12-14H2,1H3. The molecule has 1 N–H and O–H groups in total. The third-order valence-electron chi connectivity index (χ3n) is 4.62. The van der Waals surface area contributed by atoms with Gasteiger partial charge in [0.1, 0.15) is 0 Å². The van der Waals surface area contributed by atoms with Gasteiger partial charge in [-0.05, 0) is 48.1 Å². The topological polar surface area (TPSA) is 38.3 Å². The number of benzene rings is 2. The Labute approximate surface area is 157 Å². The molecule has 1 aliphatic carbocycles. The SMILES string of the molecule is COCCS(=O)Cc1cccc(NC2CC(c3ccccc3Cl)C2)c1. The highest BCUT2D eigenvalue weighted by Gasteiger charge is 2.31. The van der Waals surface area contributed by atoms with Gasteiger partial charge in [0.25, 0.3) is 0 Å². The maximum absolute atomic E-state index is 12.0. The summed E-state index contributed by atoms with van der Waals surface area (Å²) in [6.07, 6.45) is 2.18. The van der Waals surface area contributed by atoms with Gasteiger partial charge in [0.15, 0.2) is 0 Å². The van der Waals surface area contributed by atoms with Crippen molar-refractivity contribution in [3.8, 4) is 0 Å². The molecule has 0 radical (unpaired) electrons. The van der Waals surface area contributed by atoms with Gasteiger partial charge in [0.05, 0.1) is 6.61 Å². The van der Waals surface area contributed by atoms with E-state index in [0.29, 0.717) is 30.1 Å². The number of ether oxygens (including phenoxy) is 1. The van der Waals surface area contributed by atoms with E-state index in [9.17, 15) is 4.21 Å². The summed E-state index contributed by atoms with van der Waals surface area (Å²) in [6, 6.07) is 16.8. The Morgan fingerprint density at radius 3 is 2.76 bits per heavy atom. The second kappa shape index (κ2) is 8.84. The number of hydrogen-bond donors (Lipinski definition) is 1. The molecule has 3 nitrogen and oxygen atoms in total. The van der Waals surface area contributed by atoms with Crippen LogP contribution in [0, 0.1) is 0 Å². The monoisotopic (exact) mass is 377 g/mol. The Bertz CT molecular complexity index is 731. The fourth-order valence-corrected chi connectivity index (χ4v) is 4.56. The number of hydrogen-bond acceptors (Lipinski definition) is 3. The second-order valence-electron chi connectivity index (χ2n) is 6.51. The van der Waals surface area contributed by atoms with Crippen molar-refractivity contribution in [2.75, 3.05) is 24.8 Å². The molecule has 0 saturated heterocycles. The average Bonchev–Trinajstić information content (AvgIpc) is 2.57. The van der Waals surface area contributed by atoms with Crippen LogP contribution in [0.3, 0.4) is 0 Å². The fourth-order valence-electron chi connectivity index (χ4n) is 3.22. The zero-order valence-electron chi connectivity index (χ0n) is 14.4. The Kier molecular flexibility index (Phi) is 6.51. The van der Waals surface area contributed by atoms with Crippen LogP contribution in [0.4, 0.5) is 5.69 Å². The molecule has 1 saturated carbocycles. The first-order valence-corrected chi connectivity index (χ1v) is 10.5. The van der Waals surface area contributed by atoms with Crippen molar-refractivity contribution < 1.29 is 8.95 Å². The van der Waals surface area contributed by atoms with Crippen LogP contribution >= 0.6 is 11.6 Å². The molecule has 0 amide bonds. The molecule has 0 heterocycles. The highest BCUT2D eigenvalue weighted by molar-refractivity contribution is 7.84. The first-order chi connectivity index (χ1) is 12.2. The molecule has 1 aliphatic rings. The lowest BCUT2D eigenvalue weighted by molar-refractivity contribution is 0.218. The molecule has 3 rings (SSSR count). The highest BCUT2D eigenvalue weighted by atomic mass is 35.5. The first kappa shape index (κ1) is 18.4. The molecule has 0 bridgehead atoms. The second-order valence-corrected chi connectivity index (χ2v) is 8.50. The van der Waals surface area contributed by atoms with Gasteiger partial charge in [-0.2, -0.15) is 0 Å². The normalized spacial score (nSPS) is 20.7. The lowest BCUT2D eigenvalue weighted by atomic mass is 9.76. The summed E-state index contributed by atoms with van der Waals surface area (Å²) < 4.78 is 17.0. The van der Waals surface area contributed by atoms with E-state index in [1.54, 1.807) is 7.11 Å². The van der Waals surface area contributed by atoms with Crippen LogP contribution in [-0.4, -0.2) is 29.7 Å². The van der Waals surface area contributed by atoms with Crippen LogP contribution in [0.2, 0.25) is 5.02 Å². The molecule has 1 unspecified atom stereocenters. The van der Waals surface area contributed by atoms with Gasteiger partial charge in [-0.15, -0.1) is 0 Å². The summed E-state index contributed by atoms with van der Waals surface area (Å²) in [5, 5.41) is 4.45. The van der Waals surface area contributed by atoms with E-state index in [2.05, 4.69) is 29.6 Å². The molecule has 1 fully saturated rings. The molecule has 0 spiro atoms. The Hall–Kier alpha value is -1.36. The van der Waals surface area contributed by atoms with E-state index < -0.39 is 10.8 Å². The largest absolute Gasteiger partial charge is 0.384 e. The van der Waals surface area contributed by atoms with Crippen molar-refractivity contribution in [2.24, 2.45) is 0 Å². The number of rotatable bonds is 8. The third-order valence-corrected chi connectivity index (χ3v) is 6.25. The molecule has 0 aliphatic heterocycles. The third kappa shape index (κ3) is 5.06. The van der Waals surface area contributed by atoms with Crippen molar-refractivity contribution in [3.05, 3.63) is 64.7 Å². The number of nitrogens with one attached hydrogen (secondary N) is 1. The van der Waals surface area contributed by atoms with E-state index in [4.69, 9.17) is 16.3 Å². The van der Waals surface area contributed by atoms with E-state index in [1.165, 1.54) is 5.56 Å². The van der Waals surface area contributed by atoms with Crippen LogP contribution in [0.5, 0.6) is 0 Å². The molecule has 134 valence electrons. The zero-order valence-corrected chi connectivity index (χ0v) is 16.0. The van der Waals surface area contributed by atoms with Crippen LogP contribution in [0.25, 0.3) is 0 Å². The summed E-state index contributed by atoms with van der Waals surface area (Å²) in [6.45, 7) is 0.538. The smallest absolute Gasteiger partial charge is 0.0577 e. The van der Waals surface area contributed by atoms with E-state index in [-0.39, 0.29) is 0 Å². The minimum atomic E-state index is -0.880. The minimum Gasteiger partial charge on any atom is -0.384 e. The van der Waals surface area contributed by atoms with E-state index in [1.807, 2.05) is 24.3 Å². The van der Waals surface area contributed by atoms with Gasteiger partial charge in [-0.3, -0.25) is 4.21 Å². The average molecular weight is 378 g/mol. The number of halogens is 1. The predicted octanol–water partition coefficient (Wildman–Crippen LogP) is 4.59. The summed E-state index contributed by atoms with van der Waals surface area (Å²) in [7, 11) is 0.755. The number of anilines is 1. The predicted molar refractivity (Wildman–Crippen MR) is 106 cm³/mol. The molecule has 25 heavy (non-hydrogen) atoms. The molecule has 1 atom stereocenters. The molecule has 5 heteroatoms. The Morgan fingerprint density at radius 1 is 1.20 bits per heavy atom. The summed E-state index contributed by atoms with van der Waals surface area (Å²) in [5.74, 6) is 1.69. The van der Waals surface area contributed by atoms with Crippen molar-refractivity contribution in [2.45, 2.75) is 30.6 Å². The van der Waals surface area contributed by atoms with Crippen LogP contribution in [0.15, 0.2) is 48.5 Å². The van der Waals surface area contributed by atoms with Crippen molar-refractivity contribution >= 4 is 28.1 Å². The number of methoxy groups -OCH3 is 1. The quantitative estimate of drug-likeness (QED) is 0.731. The van der Waals surface area contributed by atoms with Crippen LogP contribution < -0.4 is 5.32 Å². The lowest BCUT2D eigenvalue weighted by Gasteiger charge is -2.37. The summed E-state index contributed by atoms with van der Waals surface area (Å²) in [5.41, 5.74) is 3.45. The first-order valence-electron chi connectivity index (χ1n) is 8.59. The van der Waals surface area contributed by atoms with Gasteiger partial charge in [-0.1, -0.05) is 41.9 Å². The summed E-state index contributed by atoms with van der Waals surface area (Å²) >= 11 is 6.29. The van der Waals surface area contributed by atoms with Gasteiger partial charge < -0.3 is 10.1 Å². The van der Waals surface area contributed by atoms with Crippen molar-refractivity contribution in [1.82, 2.24) is 0 Å². The van der Waals surface area contributed by atoms with Crippen molar-refractivity contribution in [1.29, 1.82) is 0 Å². The van der Waals surface area contributed by atoms with Crippen LogP contribution in [-0.2, 0) is 21.3 Å². The maximum Gasteiger partial charge on any atom is 0.0577 e. The van der Waals surface area contributed by atoms with Crippen molar-refractivity contribution in [3.63, 3.8) is 0 Å². The molecule has 2 aromatic carbocycles. The molecular weight excluding hydrogens is 354 g/mol. The maximum atomic E-state index is 12.0. The minimum absolute atomic E-state index is 0.468. The Balaban J connectivity index is 1.52. The summed E-state index contributed by atoms with van der Waals surface area (Å²) in [4.78, 5) is 0. The van der Waals surface area contributed by atoms with Gasteiger partial charge in [0.2, 0.25) is 0 Å². The zero-order chi connectivity index (χ0) is 17.6. The molecular formula is C20H24ClNO2S. The Morgan fingerprint density at radius 2 is 2.00 bits per heavy atom. The highest BCUT2D eigenvalue weighted by Crippen LogP contribution is 2.41.